The van der Waals surface area contributed by atoms with E-state index in [4.69, 9.17) is 4.65 Å². The summed E-state index contributed by atoms with van der Waals surface area (Å²) in [7, 11) is -1.08. The van der Waals surface area contributed by atoms with Gasteiger partial charge in [-0.15, -0.1) is 0 Å². The van der Waals surface area contributed by atoms with Crippen molar-refractivity contribution in [1.82, 2.24) is 0 Å². The maximum Gasteiger partial charge on any atom is 0.560 e. The average molecular weight is 228 g/mol. The van der Waals surface area contributed by atoms with Crippen molar-refractivity contribution >= 4 is 12.6 Å². The third-order valence-electron chi connectivity index (χ3n) is 2.52. The lowest BCUT2D eigenvalue weighted by Gasteiger charge is -2.12. The number of benzene rings is 2. The van der Waals surface area contributed by atoms with E-state index >= 15 is 0 Å². The fourth-order valence-electron chi connectivity index (χ4n) is 1.53. The quantitative estimate of drug-likeness (QED) is 0.782. The predicted molar refractivity (Wildman–Crippen MR) is 67.5 cm³/mol. The van der Waals surface area contributed by atoms with Crippen molar-refractivity contribution in [2.45, 2.75) is 6.92 Å². The molecule has 2 aromatic carbocycles. The van der Waals surface area contributed by atoms with Gasteiger partial charge in [-0.3, -0.25) is 0 Å². The van der Waals surface area contributed by atoms with Crippen LogP contribution in [0.5, 0.6) is 11.5 Å². The van der Waals surface area contributed by atoms with Crippen LogP contribution < -0.4 is 10.1 Å². The van der Waals surface area contributed by atoms with Crippen LogP contribution in [-0.2, 0) is 0 Å². The Kier molecular flexibility index (Phi) is 3.35. The minimum atomic E-state index is -1.08. The van der Waals surface area contributed by atoms with Crippen molar-refractivity contribution < 1.29 is 14.8 Å². The number of hydrogen-bond acceptors (Lipinski definition) is 3. The molecule has 0 aliphatic carbocycles. The molecule has 0 unspecified atom stereocenters. The van der Waals surface area contributed by atoms with Gasteiger partial charge in [0, 0.05) is 0 Å². The molecule has 4 heteroatoms. The van der Waals surface area contributed by atoms with Gasteiger partial charge in [-0.2, -0.15) is 0 Å². The molecule has 2 rings (SSSR count). The summed E-state index contributed by atoms with van der Waals surface area (Å²) in [4.78, 5) is 0. The zero-order chi connectivity index (χ0) is 12.3. The van der Waals surface area contributed by atoms with E-state index in [1.165, 1.54) is 0 Å². The van der Waals surface area contributed by atoms with Crippen LogP contribution in [0.15, 0.2) is 48.5 Å². The second kappa shape index (κ2) is 4.93. The molecule has 86 valence electrons. The van der Waals surface area contributed by atoms with Crippen molar-refractivity contribution in [3.8, 4) is 11.5 Å². The van der Waals surface area contributed by atoms with Gasteiger partial charge in [0.25, 0.3) is 0 Å². The number of aromatic hydroxyl groups is 1. The number of hydrogen-bond donors (Lipinski definition) is 2. The van der Waals surface area contributed by atoms with Crippen LogP contribution in [0.2, 0.25) is 0 Å². The molecule has 0 atom stereocenters. The first-order valence-corrected chi connectivity index (χ1v) is 5.37. The van der Waals surface area contributed by atoms with Gasteiger partial charge < -0.3 is 14.8 Å². The second-order valence-corrected chi connectivity index (χ2v) is 3.80. The Morgan fingerprint density at radius 3 is 2.41 bits per heavy atom. The standard InChI is InChI=1S/C13H13BO3/c1-10-6-5-9-12(13(10)15)17-14(16)11-7-3-2-4-8-11/h2-9,15-16H,1H3. The lowest BCUT2D eigenvalue weighted by molar-refractivity contribution is 0.396. The molecule has 2 aromatic rings. The first-order valence-electron chi connectivity index (χ1n) is 5.37. The van der Waals surface area contributed by atoms with Gasteiger partial charge >= 0.3 is 7.12 Å². The molecule has 0 saturated carbocycles. The molecule has 0 aromatic heterocycles. The molecule has 0 fully saturated rings. The molecule has 0 spiro atoms. The number of rotatable bonds is 3. The van der Waals surface area contributed by atoms with E-state index in [-0.39, 0.29) is 11.5 Å². The lowest BCUT2D eigenvalue weighted by atomic mass is 9.79. The molecule has 3 nitrogen and oxygen atoms in total. The minimum absolute atomic E-state index is 0.0579. The van der Waals surface area contributed by atoms with Crippen molar-refractivity contribution in [1.29, 1.82) is 0 Å². The molecule has 0 aliphatic heterocycles. The van der Waals surface area contributed by atoms with Gasteiger partial charge in [-0.25, -0.2) is 0 Å². The highest BCUT2D eigenvalue weighted by Crippen LogP contribution is 2.28. The largest absolute Gasteiger partial charge is 0.560 e. The van der Waals surface area contributed by atoms with Gasteiger partial charge in [0.15, 0.2) is 5.75 Å². The van der Waals surface area contributed by atoms with E-state index in [0.29, 0.717) is 11.0 Å². The molecular weight excluding hydrogens is 215 g/mol. The molecule has 0 bridgehead atoms. The molecule has 0 amide bonds. The first kappa shape index (κ1) is 11.5. The van der Waals surface area contributed by atoms with Crippen LogP contribution in [0.1, 0.15) is 5.56 Å². The zero-order valence-corrected chi connectivity index (χ0v) is 9.50. The summed E-state index contributed by atoms with van der Waals surface area (Å²) in [5, 5.41) is 19.6. The smallest absolute Gasteiger partial charge is 0.530 e. The Bertz CT molecular complexity index is 499. The zero-order valence-electron chi connectivity index (χ0n) is 9.50. The lowest BCUT2D eigenvalue weighted by Crippen LogP contribution is -2.36. The Morgan fingerprint density at radius 2 is 1.71 bits per heavy atom. The molecule has 0 aliphatic rings. The van der Waals surface area contributed by atoms with Crippen molar-refractivity contribution in [2.75, 3.05) is 0 Å². The van der Waals surface area contributed by atoms with Crippen LogP contribution in [0, 0.1) is 6.92 Å². The van der Waals surface area contributed by atoms with Crippen molar-refractivity contribution in [2.24, 2.45) is 0 Å². The van der Waals surface area contributed by atoms with Gasteiger partial charge in [0.05, 0.1) is 0 Å². The summed E-state index contributed by atoms with van der Waals surface area (Å²) in [6, 6.07) is 14.2. The summed E-state index contributed by atoms with van der Waals surface area (Å²) in [5.41, 5.74) is 1.36. The number of phenols is 1. The van der Waals surface area contributed by atoms with E-state index in [2.05, 4.69) is 0 Å². The highest BCUT2D eigenvalue weighted by molar-refractivity contribution is 6.60. The molecular formula is C13H13BO3. The maximum absolute atomic E-state index is 9.86. The summed E-state index contributed by atoms with van der Waals surface area (Å²) in [5.74, 6) is 0.337. The fraction of sp³-hybridized carbons (Fsp3) is 0.0769. The van der Waals surface area contributed by atoms with E-state index in [1.54, 1.807) is 37.3 Å². The average Bonchev–Trinajstić information content (AvgIpc) is 2.36. The molecule has 0 saturated heterocycles. The van der Waals surface area contributed by atoms with Gasteiger partial charge in [-0.1, -0.05) is 42.5 Å². The summed E-state index contributed by atoms with van der Waals surface area (Å²) < 4.78 is 5.32. The number of aryl methyl sites for hydroxylation is 1. The third-order valence-corrected chi connectivity index (χ3v) is 2.52. The van der Waals surface area contributed by atoms with Gasteiger partial charge in [-0.05, 0) is 24.0 Å². The van der Waals surface area contributed by atoms with Gasteiger partial charge in [0.1, 0.15) is 5.75 Å². The van der Waals surface area contributed by atoms with Crippen LogP contribution in [0.4, 0.5) is 0 Å². The second-order valence-electron chi connectivity index (χ2n) is 3.80. The monoisotopic (exact) mass is 228 g/mol. The number of phenolic OH excluding ortho intramolecular Hbond substituents is 1. The Balaban J connectivity index is 2.19. The Hall–Kier alpha value is -1.94. The van der Waals surface area contributed by atoms with Crippen molar-refractivity contribution in [3.63, 3.8) is 0 Å². The SMILES string of the molecule is Cc1cccc(OB(O)c2ccccc2)c1O. The molecule has 2 N–H and O–H groups in total. The highest BCUT2D eigenvalue weighted by atomic mass is 16.5. The van der Waals surface area contributed by atoms with Crippen LogP contribution in [-0.4, -0.2) is 17.2 Å². The maximum atomic E-state index is 9.86. The molecule has 0 heterocycles. The molecule has 17 heavy (non-hydrogen) atoms. The van der Waals surface area contributed by atoms with E-state index in [0.717, 1.165) is 0 Å². The topological polar surface area (TPSA) is 49.7 Å². The Labute approximate surface area is 100 Å². The molecule has 0 radical (unpaired) electrons. The number of para-hydroxylation sites is 1. The van der Waals surface area contributed by atoms with Crippen molar-refractivity contribution in [3.05, 3.63) is 54.1 Å². The minimum Gasteiger partial charge on any atom is -0.530 e. The third kappa shape index (κ3) is 2.60. The fourth-order valence-corrected chi connectivity index (χ4v) is 1.53. The van der Waals surface area contributed by atoms with E-state index in [1.807, 2.05) is 18.2 Å². The van der Waals surface area contributed by atoms with Crippen LogP contribution in [0.3, 0.4) is 0 Å². The predicted octanol–water partition coefficient (Wildman–Crippen LogP) is 1.47. The summed E-state index contributed by atoms with van der Waals surface area (Å²) >= 11 is 0. The van der Waals surface area contributed by atoms with Crippen LogP contribution >= 0.6 is 0 Å². The summed E-state index contributed by atoms with van der Waals surface area (Å²) in [6.07, 6.45) is 0. The van der Waals surface area contributed by atoms with E-state index in [9.17, 15) is 10.1 Å². The normalized spacial score (nSPS) is 10.0. The Morgan fingerprint density at radius 1 is 1.00 bits per heavy atom. The van der Waals surface area contributed by atoms with Gasteiger partial charge in [0.2, 0.25) is 0 Å². The first-order chi connectivity index (χ1) is 8.18. The highest BCUT2D eigenvalue weighted by Gasteiger charge is 2.19. The summed E-state index contributed by atoms with van der Waals surface area (Å²) in [6.45, 7) is 1.77. The van der Waals surface area contributed by atoms with E-state index < -0.39 is 7.12 Å². The van der Waals surface area contributed by atoms with Crippen LogP contribution in [0.25, 0.3) is 0 Å².